The largest absolute Gasteiger partial charge is 0.494 e. The van der Waals surface area contributed by atoms with Gasteiger partial charge in [-0.25, -0.2) is 4.98 Å². The first kappa shape index (κ1) is 20.0. The number of benzene rings is 2. The van der Waals surface area contributed by atoms with Gasteiger partial charge in [-0.1, -0.05) is 18.2 Å². The van der Waals surface area contributed by atoms with E-state index in [-0.39, 0.29) is 17.3 Å². The van der Waals surface area contributed by atoms with E-state index in [0.29, 0.717) is 27.8 Å². The number of non-ortho nitro benzene ring substituents is 1. The molecule has 0 spiro atoms. The summed E-state index contributed by atoms with van der Waals surface area (Å²) in [6.45, 7) is 1.88. The molecule has 9 nitrogen and oxygen atoms in total. The molecule has 0 aliphatic carbocycles. The SMILES string of the molecule is COc1cc([N+](=O)[O-])ccc1NC(=O)c1cc(-c2cn(C)nc2C)nc2ccccc12. The standard InChI is InChI=1S/C22H19N5O4/c1-13-17(12-26(2)25-13)20-11-16(15-6-4-5-7-18(15)23-20)22(28)24-19-9-8-14(27(29)30)10-21(19)31-3/h4-12H,1-3H3,(H,24,28). The van der Waals surface area contributed by atoms with Gasteiger partial charge in [-0.3, -0.25) is 19.6 Å². The highest BCUT2D eigenvalue weighted by atomic mass is 16.6. The van der Waals surface area contributed by atoms with Crippen LogP contribution in [0.1, 0.15) is 16.1 Å². The molecule has 9 heteroatoms. The van der Waals surface area contributed by atoms with Crippen LogP contribution in [0.5, 0.6) is 5.75 Å². The molecular formula is C22H19N5O4. The van der Waals surface area contributed by atoms with Crippen LogP contribution in [0.25, 0.3) is 22.2 Å². The molecule has 0 atom stereocenters. The number of nitrogens with zero attached hydrogens (tertiary/aromatic N) is 4. The Morgan fingerprint density at radius 1 is 1.19 bits per heavy atom. The van der Waals surface area contributed by atoms with Gasteiger partial charge < -0.3 is 10.1 Å². The van der Waals surface area contributed by atoms with Crippen molar-refractivity contribution in [2.24, 2.45) is 7.05 Å². The van der Waals surface area contributed by atoms with Gasteiger partial charge in [-0.15, -0.1) is 0 Å². The van der Waals surface area contributed by atoms with Crippen molar-refractivity contribution in [2.75, 3.05) is 12.4 Å². The molecule has 4 rings (SSSR count). The number of hydrogen-bond donors (Lipinski definition) is 1. The van der Waals surface area contributed by atoms with E-state index < -0.39 is 4.92 Å². The van der Waals surface area contributed by atoms with E-state index in [2.05, 4.69) is 10.4 Å². The average molecular weight is 417 g/mol. The summed E-state index contributed by atoms with van der Waals surface area (Å²) in [5.41, 5.74) is 3.55. The van der Waals surface area contributed by atoms with Crippen molar-refractivity contribution in [1.29, 1.82) is 0 Å². The number of amides is 1. The minimum atomic E-state index is -0.521. The Hall–Kier alpha value is -4.27. The number of para-hydroxylation sites is 1. The van der Waals surface area contributed by atoms with Gasteiger partial charge in [0.15, 0.2) is 0 Å². The number of nitro groups is 1. The van der Waals surface area contributed by atoms with E-state index >= 15 is 0 Å². The van der Waals surface area contributed by atoms with Gasteiger partial charge in [0.2, 0.25) is 0 Å². The number of rotatable bonds is 5. The monoisotopic (exact) mass is 417 g/mol. The maximum atomic E-state index is 13.2. The predicted molar refractivity (Wildman–Crippen MR) is 116 cm³/mol. The fraction of sp³-hybridized carbons (Fsp3) is 0.136. The zero-order valence-electron chi connectivity index (χ0n) is 17.1. The lowest BCUT2D eigenvalue weighted by molar-refractivity contribution is -0.384. The molecule has 0 unspecified atom stereocenters. The predicted octanol–water partition coefficient (Wildman–Crippen LogP) is 4.11. The number of carbonyl (C=O) groups excluding carboxylic acids is 1. The fourth-order valence-corrected chi connectivity index (χ4v) is 3.44. The molecule has 1 N–H and O–H groups in total. The summed E-state index contributed by atoms with van der Waals surface area (Å²) in [6, 6.07) is 13.1. The second-order valence-electron chi connectivity index (χ2n) is 6.97. The molecule has 0 saturated carbocycles. The molecular weight excluding hydrogens is 398 g/mol. The normalized spacial score (nSPS) is 10.8. The molecule has 2 aromatic carbocycles. The van der Waals surface area contributed by atoms with Crippen LogP contribution in [0.15, 0.2) is 54.7 Å². The molecule has 0 aliphatic heterocycles. The lowest BCUT2D eigenvalue weighted by Crippen LogP contribution is -2.14. The maximum Gasteiger partial charge on any atom is 0.273 e. The van der Waals surface area contributed by atoms with Crippen LogP contribution in [0, 0.1) is 17.0 Å². The van der Waals surface area contributed by atoms with Crippen molar-refractivity contribution in [2.45, 2.75) is 6.92 Å². The lowest BCUT2D eigenvalue weighted by Gasteiger charge is -2.12. The zero-order valence-corrected chi connectivity index (χ0v) is 17.1. The Kier molecular flexibility index (Phi) is 5.08. The van der Waals surface area contributed by atoms with Gasteiger partial charge in [0.25, 0.3) is 11.6 Å². The number of aromatic nitrogens is 3. The van der Waals surface area contributed by atoms with Gasteiger partial charge in [0.05, 0.1) is 46.3 Å². The number of anilines is 1. The van der Waals surface area contributed by atoms with Crippen molar-refractivity contribution < 1.29 is 14.5 Å². The summed E-state index contributed by atoms with van der Waals surface area (Å²) in [4.78, 5) is 28.4. The molecule has 31 heavy (non-hydrogen) atoms. The van der Waals surface area contributed by atoms with E-state index in [1.54, 1.807) is 10.7 Å². The van der Waals surface area contributed by atoms with Crippen molar-refractivity contribution in [3.63, 3.8) is 0 Å². The van der Waals surface area contributed by atoms with Gasteiger partial charge in [-0.2, -0.15) is 5.10 Å². The molecule has 0 saturated heterocycles. The maximum absolute atomic E-state index is 13.2. The Balaban J connectivity index is 1.79. The number of pyridine rings is 1. The molecule has 2 aromatic heterocycles. The Labute approximate surface area is 177 Å². The van der Waals surface area contributed by atoms with E-state index in [1.165, 1.54) is 25.3 Å². The van der Waals surface area contributed by atoms with E-state index in [9.17, 15) is 14.9 Å². The fourth-order valence-electron chi connectivity index (χ4n) is 3.44. The second kappa shape index (κ2) is 7.86. The van der Waals surface area contributed by atoms with Crippen molar-refractivity contribution >= 4 is 28.2 Å². The van der Waals surface area contributed by atoms with Gasteiger partial charge in [0, 0.05) is 30.3 Å². The first-order valence-corrected chi connectivity index (χ1v) is 9.41. The average Bonchev–Trinajstić information content (AvgIpc) is 3.10. The minimum absolute atomic E-state index is 0.126. The molecule has 156 valence electrons. The van der Waals surface area contributed by atoms with Crippen LogP contribution in [0.3, 0.4) is 0 Å². The number of hydrogen-bond acceptors (Lipinski definition) is 6. The third-order valence-electron chi connectivity index (χ3n) is 4.89. The van der Waals surface area contributed by atoms with E-state index in [1.807, 2.05) is 44.4 Å². The number of aryl methyl sites for hydroxylation is 2. The second-order valence-corrected chi connectivity index (χ2v) is 6.97. The van der Waals surface area contributed by atoms with Crippen LogP contribution < -0.4 is 10.1 Å². The van der Waals surface area contributed by atoms with Crippen LogP contribution in [0.2, 0.25) is 0 Å². The molecule has 4 aromatic rings. The number of fused-ring (bicyclic) bond motifs is 1. The Morgan fingerprint density at radius 3 is 2.65 bits per heavy atom. The molecule has 2 heterocycles. The number of methoxy groups -OCH3 is 1. The summed E-state index contributed by atoms with van der Waals surface area (Å²) < 4.78 is 6.93. The number of carbonyl (C=O) groups is 1. The van der Waals surface area contributed by atoms with Gasteiger partial charge in [-0.05, 0) is 25.1 Å². The topological polar surface area (TPSA) is 112 Å². The van der Waals surface area contributed by atoms with Crippen LogP contribution >= 0.6 is 0 Å². The highest BCUT2D eigenvalue weighted by Gasteiger charge is 2.19. The summed E-state index contributed by atoms with van der Waals surface area (Å²) in [6.07, 6.45) is 1.85. The Bertz CT molecular complexity index is 1330. The van der Waals surface area contributed by atoms with Crippen LogP contribution in [-0.2, 0) is 7.05 Å². The first-order valence-electron chi connectivity index (χ1n) is 9.41. The van der Waals surface area contributed by atoms with E-state index in [4.69, 9.17) is 9.72 Å². The highest BCUT2D eigenvalue weighted by molar-refractivity contribution is 6.13. The smallest absolute Gasteiger partial charge is 0.273 e. The van der Waals surface area contributed by atoms with Gasteiger partial charge in [0.1, 0.15) is 5.75 Å². The third kappa shape index (κ3) is 3.80. The van der Waals surface area contributed by atoms with Crippen LogP contribution in [0.4, 0.5) is 11.4 Å². The summed E-state index contributed by atoms with van der Waals surface area (Å²) in [5.74, 6) is -0.183. The van der Waals surface area contributed by atoms with E-state index in [0.717, 1.165) is 11.3 Å². The van der Waals surface area contributed by atoms with Crippen molar-refractivity contribution in [3.8, 4) is 17.0 Å². The molecule has 0 aliphatic rings. The zero-order chi connectivity index (χ0) is 22.1. The number of nitro benzene ring substituents is 1. The minimum Gasteiger partial charge on any atom is -0.494 e. The highest BCUT2D eigenvalue weighted by Crippen LogP contribution is 2.31. The quantitative estimate of drug-likeness (QED) is 0.386. The number of nitrogens with one attached hydrogen (secondary N) is 1. The van der Waals surface area contributed by atoms with Crippen molar-refractivity contribution in [1.82, 2.24) is 14.8 Å². The molecule has 0 radical (unpaired) electrons. The van der Waals surface area contributed by atoms with Crippen molar-refractivity contribution in [3.05, 3.63) is 76.1 Å². The van der Waals surface area contributed by atoms with Crippen LogP contribution in [-0.4, -0.2) is 32.7 Å². The molecule has 1 amide bonds. The lowest BCUT2D eigenvalue weighted by atomic mass is 10.0. The summed E-state index contributed by atoms with van der Waals surface area (Å²) >= 11 is 0. The molecule has 0 bridgehead atoms. The number of ether oxygens (including phenoxy) is 1. The Morgan fingerprint density at radius 2 is 1.97 bits per heavy atom. The van der Waals surface area contributed by atoms with Gasteiger partial charge >= 0.3 is 0 Å². The molecule has 0 fully saturated rings. The first-order chi connectivity index (χ1) is 14.9. The third-order valence-corrected chi connectivity index (χ3v) is 4.89. The summed E-state index contributed by atoms with van der Waals surface area (Å²) in [7, 11) is 3.21. The summed E-state index contributed by atoms with van der Waals surface area (Å²) in [5, 5.41) is 18.9.